The maximum atomic E-state index is 15.8. The number of pyridine rings is 2. The molecule has 0 spiro atoms. The van der Waals surface area contributed by atoms with Crippen LogP contribution < -0.4 is 42.9 Å². The van der Waals surface area contributed by atoms with Crippen LogP contribution in [0.25, 0.3) is 22.3 Å². The fourth-order valence-corrected chi connectivity index (χ4v) is 9.86. The third-order valence-electron chi connectivity index (χ3n) is 13.3. The third kappa shape index (κ3) is 9.36. The van der Waals surface area contributed by atoms with Gasteiger partial charge in [0.1, 0.15) is 24.0 Å². The number of hydrogen-bond acceptors (Lipinski definition) is 15. The van der Waals surface area contributed by atoms with Gasteiger partial charge in [-0.05, 0) is 47.8 Å². The Morgan fingerprint density at radius 3 is 1.86 bits per heavy atom. The van der Waals surface area contributed by atoms with Crippen molar-refractivity contribution in [3.8, 4) is 0 Å². The van der Waals surface area contributed by atoms with Gasteiger partial charge in [0.15, 0.2) is 22.3 Å². The van der Waals surface area contributed by atoms with E-state index in [1.807, 2.05) is 40.6 Å². The zero-order chi connectivity index (χ0) is 51.1. The van der Waals surface area contributed by atoms with Crippen LogP contribution >= 0.6 is 11.3 Å². The summed E-state index contributed by atoms with van der Waals surface area (Å²) in [6.07, 6.45) is 6.20. The van der Waals surface area contributed by atoms with Crippen LogP contribution in [0.15, 0.2) is 104 Å². The van der Waals surface area contributed by atoms with Crippen molar-refractivity contribution in [1.29, 1.82) is 0 Å². The lowest BCUT2D eigenvalue weighted by Gasteiger charge is -2.36. The molecule has 3 amide bonds. The van der Waals surface area contributed by atoms with Gasteiger partial charge in [0, 0.05) is 97.7 Å². The lowest BCUT2D eigenvalue weighted by Crippen LogP contribution is -2.48. The summed E-state index contributed by atoms with van der Waals surface area (Å²) < 4.78 is 23.2. The Morgan fingerprint density at radius 2 is 1.26 bits per heavy atom. The molecular formula is C48H49FN16O7S. The van der Waals surface area contributed by atoms with Gasteiger partial charge >= 0.3 is 11.4 Å². The molecule has 1 aromatic carbocycles. The number of nitrogens with zero attached hydrogens (tertiary/aromatic N) is 14. The zero-order valence-corrected chi connectivity index (χ0v) is 40.8. The molecule has 2 aliphatic heterocycles. The van der Waals surface area contributed by atoms with E-state index in [1.54, 1.807) is 35.0 Å². The minimum absolute atomic E-state index is 0.00605. The molecule has 23 nitrogen and oxygen atoms in total. The van der Waals surface area contributed by atoms with Crippen molar-refractivity contribution in [2.75, 3.05) is 79.3 Å². The molecule has 0 radical (unpaired) electrons. The first-order valence-corrected chi connectivity index (χ1v) is 24.2. The first-order chi connectivity index (χ1) is 35.2. The summed E-state index contributed by atoms with van der Waals surface area (Å²) in [6, 6.07) is 14.9. The molecule has 2 N–H and O–H groups in total. The van der Waals surface area contributed by atoms with E-state index in [1.165, 1.54) is 59.4 Å². The van der Waals surface area contributed by atoms with E-state index in [0.29, 0.717) is 87.3 Å². The second-order valence-electron chi connectivity index (χ2n) is 17.7. The minimum atomic E-state index is -0.772. The number of piperazine rings is 2. The summed E-state index contributed by atoms with van der Waals surface area (Å²) in [5, 5.41) is 7.86. The maximum Gasteiger partial charge on any atom is 0.332 e. The van der Waals surface area contributed by atoms with Crippen LogP contribution in [0.3, 0.4) is 0 Å². The largest absolute Gasteiger partial charge is 0.368 e. The Hall–Kier alpha value is -8.74. The number of aryl methyl sites for hydroxylation is 2. The number of carbonyl (C=O) groups excluding carboxylic acids is 3. The maximum absolute atomic E-state index is 15.8. The first-order valence-electron chi connectivity index (χ1n) is 23.4. The minimum Gasteiger partial charge on any atom is -0.368 e. The molecule has 25 heteroatoms. The summed E-state index contributed by atoms with van der Waals surface area (Å²) in [5.41, 5.74) is 0.105. The van der Waals surface area contributed by atoms with Crippen LogP contribution in [0.2, 0.25) is 0 Å². The van der Waals surface area contributed by atoms with Gasteiger partial charge in [0.05, 0.1) is 47.8 Å². The number of rotatable bonds is 13. The molecule has 8 aromatic rings. The van der Waals surface area contributed by atoms with Crippen molar-refractivity contribution < 1.29 is 18.8 Å². The van der Waals surface area contributed by atoms with Crippen LogP contribution in [-0.4, -0.2) is 134 Å². The molecular weight excluding hydrogens is 964 g/mol. The highest BCUT2D eigenvalue weighted by Gasteiger charge is 2.26. The first kappa shape index (κ1) is 47.9. The zero-order valence-electron chi connectivity index (χ0n) is 40.0. The number of benzene rings is 1. The van der Waals surface area contributed by atoms with Crippen LogP contribution in [-0.2, 0) is 45.6 Å². The SMILES string of the molecule is Cn1c(=O)c2c(ncn2CCNc2ccc(N3CCN(C(=O)c4ccc(Cn5c(=O)c6c(ncn6CC(=O)Nc6ccc(N7CCN(C(=O)c8cccs8)CC7)cn6)n(C)c5=O)c(F)c4)CC3)cn2)n(C)c1=O. The lowest BCUT2D eigenvalue weighted by atomic mass is 10.1. The summed E-state index contributed by atoms with van der Waals surface area (Å²) in [6.45, 7) is 4.19. The fraction of sp³-hybridized carbons (Fsp3) is 0.312. The van der Waals surface area contributed by atoms with E-state index in [4.69, 9.17) is 0 Å². The van der Waals surface area contributed by atoms with Gasteiger partial charge in [-0.1, -0.05) is 12.1 Å². The predicted molar refractivity (Wildman–Crippen MR) is 271 cm³/mol. The Morgan fingerprint density at radius 1 is 0.658 bits per heavy atom. The molecule has 2 saturated heterocycles. The van der Waals surface area contributed by atoms with Crippen molar-refractivity contribution in [3.05, 3.63) is 149 Å². The van der Waals surface area contributed by atoms with E-state index in [0.717, 1.165) is 31.1 Å². The summed E-state index contributed by atoms with van der Waals surface area (Å²) in [5.74, 6) is -0.719. The Kier molecular flexibility index (Phi) is 13.0. The van der Waals surface area contributed by atoms with Crippen molar-refractivity contribution >= 4 is 74.4 Å². The number of carbonyl (C=O) groups is 3. The summed E-state index contributed by atoms with van der Waals surface area (Å²) in [7, 11) is 4.43. The Bertz CT molecular complexity index is 3660. The van der Waals surface area contributed by atoms with E-state index in [9.17, 15) is 33.6 Å². The average molecular weight is 1010 g/mol. The van der Waals surface area contributed by atoms with Gasteiger partial charge in [0.2, 0.25) is 5.91 Å². The van der Waals surface area contributed by atoms with E-state index in [2.05, 4.69) is 40.4 Å². The summed E-state index contributed by atoms with van der Waals surface area (Å²) >= 11 is 1.42. The third-order valence-corrected chi connectivity index (χ3v) is 14.1. The molecule has 7 aromatic heterocycles. The van der Waals surface area contributed by atoms with Crippen LogP contribution in [0, 0.1) is 5.82 Å². The number of fused-ring (bicyclic) bond motifs is 2. The van der Waals surface area contributed by atoms with Gasteiger partial charge in [-0.25, -0.2) is 33.9 Å². The normalized spacial score (nSPS) is 14.1. The predicted octanol–water partition coefficient (Wildman–Crippen LogP) is 1.36. The number of halogens is 1. The number of anilines is 4. The Balaban J connectivity index is 0.724. The quantitative estimate of drug-likeness (QED) is 0.166. The van der Waals surface area contributed by atoms with Crippen LogP contribution in [0.4, 0.5) is 27.4 Å². The van der Waals surface area contributed by atoms with Crippen molar-refractivity contribution in [1.82, 2.24) is 57.1 Å². The summed E-state index contributed by atoms with van der Waals surface area (Å²) in [4.78, 5) is 118. The topological polar surface area (TPSA) is 238 Å². The number of imidazole rings is 2. The number of thiophene rings is 1. The van der Waals surface area contributed by atoms with Gasteiger partial charge in [-0.2, -0.15) is 0 Å². The number of hydrogen-bond donors (Lipinski definition) is 2. The van der Waals surface area contributed by atoms with Gasteiger partial charge in [-0.15, -0.1) is 11.3 Å². The molecule has 0 aliphatic carbocycles. The average Bonchev–Trinajstić information content (AvgIpc) is 4.20. The lowest BCUT2D eigenvalue weighted by molar-refractivity contribution is -0.116. The molecule has 0 saturated carbocycles. The highest BCUT2D eigenvalue weighted by atomic mass is 32.1. The molecule has 0 bridgehead atoms. The molecule has 0 unspecified atom stereocenters. The van der Waals surface area contributed by atoms with Crippen molar-refractivity contribution in [2.24, 2.45) is 21.1 Å². The molecule has 0 atom stereocenters. The van der Waals surface area contributed by atoms with Gasteiger partial charge in [-0.3, -0.25) is 42.2 Å². The van der Waals surface area contributed by atoms with E-state index >= 15 is 4.39 Å². The van der Waals surface area contributed by atoms with Gasteiger partial charge < -0.3 is 39.4 Å². The highest BCUT2D eigenvalue weighted by molar-refractivity contribution is 7.12. The smallest absolute Gasteiger partial charge is 0.332 e. The molecule has 2 aliphatic rings. The Labute approximate surface area is 417 Å². The highest BCUT2D eigenvalue weighted by Crippen LogP contribution is 2.22. The number of nitrogens with one attached hydrogen (secondary N) is 2. The molecule has 2 fully saturated rings. The van der Waals surface area contributed by atoms with Crippen molar-refractivity contribution in [2.45, 2.75) is 19.6 Å². The standard InChI is InChI=1S/C48H49FN16O7S/c1-56-41-39(45(69)58(3)47(56)71)63(28-53-41)13-12-50-36-10-8-32(24-51-36)59-14-18-61(19-15-59)43(67)30-6-7-31(34(49)23-30)26-65-46(70)40-42(57(2)48(65)72)54-29-64(40)27-38(66)55-37-11-9-33(25-52-37)60-16-20-62(21-17-60)44(68)35-5-4-22-73-35/h4-11,22-25,28-29H,12-21,26-27H2,1-3H3,(H,50,51)(H,52,55,66). The van der Waals surface area contributed by atoms with Crippen LogP contribution in [0.1, 0.15) is 25.6 Å². The molecule has 73 heavy (non-hydrogen) atoms. The molecule has 376 valence electrons. The van der Waals surface area contributed by atoms with Crippen LogP contribution in [0.5, 0.6) is 0 Å². The number of amides is 3. The number of aromatic nitrogens is 10. The monoisotopic (exact) mass is 1010 g/mol. The van der Waals surface area contributed by atoms with Crippen molar-refractivity contribution in [3.63, 3.8) is 0 Å². The molecule has 10 rings (SSSR count). The van der Waals surface area contributed by atoms with Gasteiger partial charge in [0.25, 0.3) is 22.9 Å². The second kappa shape index (κ2) is 19.8. The van der Waals surface area contributed by atoms with E-state index in [-0.39, 0.29) is 46.5 Å². The second-order valence-corrected chi connectivity index (χ2v) is 18.7. The van der Waals surface area contributed by atoms with E-state index < -0.39 is 40.8 Å². The molecule has 9 heterocycles. The fourth-order valence-electron chi connectivity index (χ4n) is 9.17.